The van der Waals surface area contributed by atoms with Crippen LogP contribution in [0.5, 0.6) is 0 Å². The number of rotatable bonds is 5. The number of hydrogen-bond donors (Lipinski definition) is 0. The van der Waals surface area contributed by atoms with Crippen molar-refractivity contribution in [1.29, 1.82) is 0 Å². The highest BCUT2D eigenvalue weighted by atomic mass is 35.5. The van der Waals surface area contributed by atoms with Gasteiger partial charge in [-0.3, -0.25) is 0 Å². The van der Waals surface area contributed by atoms with Gasteiger partial charge in [-0.15, -0.1) is 0 Å². The zero-order valence-corrected chi connectivity index (χ0v) is 17.8. The summed E-state index contributed by atoms with van der Waals surface area (Å²) in [4.78, 5) is 2.31. The fraction of sp³-hybridized carbons (Fsp3) is 0.333. The molecule has 0 atom stereocenters. The van der Waals surface area contributed by atoms with Gasteiger partial charge in [-0.1, -0.05) is 73.1 Å². The molecule has 0 bridgehead atoms. The summed E-state index contributed by atoms with van der Waals surface area (Å²) in [5.41, 5.74) is 5.04. The van der Waals surface area contributed by atoms with Crippen LogP contribution in [0.15, 0.2) is 66.9 Å². The van der Waals surface area contributed by atoms with Gasteiger partial charge in [-0.05, 0) is 17.0 Å². The van der Waals surface area contributed by atoms with Crippen molar-refractivity contribution in [2.45, 2.75) is 26.3 Å². The van der Waals surface area contributed by atoms with Gasteiger partial charge in [0.05, 0.1) is 18.8 Å². The van der Waals surface area contributed by atoms with Crippen molar-refractivity contribution in [3.05, 3.63) is 78.0 Å². The molecule has 0 spiro atoms. The molecule has 152 valence electrons. The van der Waals surface area contributed by atoms with E-state index in [1.54, 1.807) is 0 Å². The summed E-state index contributed by atoms with van der Waals surface area (Å²) in [5, 5.41) is 4.92. The van der Waals surface area contributed by atoms with Crippen molar-refractivity contribution in [2.75, 3.05) is 31.2 Å². The van der Waals surface area contributed by atoms with Crippen LogP contribution in [0.4, 0.5) is 5.82 Å². The number of nitrogens with zero attached hydrogens (tertiary/aromatic N) is 3. The summed E-state index contributed by atoms with van der Waals surface area (Å²) in [7, 11) is 0. The zero-order valence-electron chi connectivity index (χ0n) is 17.1. The Morgan fingerprint density at radius 3 is 2.31 bits per heavy atom. The number of aromatic nitrogens is 2. The standard InChI is InChI=1S/C24H28N3O.ClH/c1-19(2)21-10-8-20(9-11-21)17-27-18-23(22-6-4-3-5-7-22)16-24(25-27)26-12-14-28-15-13-26;/h3-11,16,18-19H,12-15,17H2,1-2H3;1H/q+1;/p-1. The van der Waals surface area contributed by atoms with Gasteiger partial charge in [0, 0.05) is 29.8 Å². The Balaban J connectivity index is 0.00000240. The molecule has 1 aromatic heterocycles. The molecule has 2 aromatic carbocycles. The summed E-state index contributed by atoms with van der Waals surface area (Å²) >= 11 is 0. The smallest absolute Gasteiger partial charge is 0.204 e. The zero-order chi connectivity index (χ0) is 19.3. The Morgan fingerprint density at radius 2 is 1.66 bits per heavy atom. The van der Waals surface area contributed by atoms with Crippen molar-refractivity contribution in [1.82, 2.24) is 5.10 Å². The lowest BCUT2D eigenvalue weighted by Crippen LogP contribution is -3.00. The summed E-state index contributed by atoms with van der Waals surface area (Å²) in [6.45, 7) is 8.49. The van der Waals surface area contributed by atoms with Crippen molar-refractivity contribution in [3.63, 3.8) is 0 Å². The number of anilines is 1. The van der Waals surface area contributed by atoms with Crippen LogP contribution in [-0.2, 0) is 11.3 Å². The first-order chi connectivity index (χ1) is 13.7. The van der Waals surface area contributed by atoms with E-state index in [-0.39, 0.29) is 12.4 Å². The van der Waals surface area contributed by atoms with Crippen molar-refractivity contribution in [3.8, 4) is 11.1 Å². The van der Waals surface area contributed by atoms with Gasteiger partial charge in [0.2, 0.25) is 6.20 Å². The fourth-order valence-corrected chi connectivity index (χ4v) is 3.54. The molecule has 3 aromatic rings. The number of morpholine rings is 1. The first kappa shape index (κ1) is 21.3. The minimum Gasteiger partial charge on any atom is -1.00 e. The average molecular weight is 410 g/mol. The van der Waals surface area contributed by atoms with Gasteiger partial charge >= 0.3 is 0 Å². The number of ether oxygens (including phenoxy) is 1. The van der Waals surface area contributed by atoms with Crippen LogP contribution < -0.4 is 22.0 Å². The maximum atomic E-state index is 5.52. The molecule has 0 radical (unpaired) electrons. The third-order valence-corrected chi connectivity index (χ3v) is 5.24. The van der Waals surface area contributed by atoms with Crippen molar-refractivity contribution >= 4 is 5.82 Å². The molecular formula is C24H28ClN3O. The van der Waals surface area contributed by atoms with Crippen LogP contribution in [0.3, 0.4) is 0 Å². The van der Waals surface area contributed by atoms with Crippen LogP contribution in [0.25, 0.3) is 11.1 Å². The fourth-order valence-electron chi connectivity index (χ4n) is 3.54. The molecule has 5 heteroatoms. The van der Waals surface area contributed by atoms with Gasteiger partial charge in [0.25, 0.3) is 0 Å². The van der Waals surface area contributed by atoms with Gasteiger partial charge in [0.15, 0.2) is 12.4 Å². The van der Waals surface area contributed by atoms with E-state index in [9.17, 15) is 0 Å². The van der Waals surface area contributed by atoms with Gasteiger partial charge < -0.3 is 22.0 Å². The maximum Gasteiger partial charge on any atom is 0.204 e. The van der Waals surface area contributed by atoms with Gasteiger partial charge in [0.1, 0.15) is 0 Å². The first-order valence-electron chi connectivity index (χ1n) is 10.1. The largest absolute Gasteiger partial charge is 1.00 e. The second-order valence-electron chi connectivity index (χ2n) is 7.65. The number of hydrogen-bond acceptors (Lipinski definition) is 3. The van der Waals surface area contributed by atoms with Crippen LogP contribution in [0, 0.1) is 0 Å². The first-order valence-corrected chi connectivity index (χ1v) is 10.1. The second kappa shape index (κ2) is 9.86. The van der Waals surface area contributed by atoms with E-state index < -0.39 is 0 Å². The predicted octanol–water partition coefficient (Wildman–Crippen LogP) is 1.05. The van der Waals surface area contributed by atoms with Crippen LogP contribution in [0.2, 0.25) is 0 Å². The lowest BCUT2D eigenvalue weighted by atomic mass is 10.0. The van der Waals surface area contributed by atoms with Gasteiger partial charge in [-0.2, -0.15) is 0 Å². The Kier molecular flexibility index (Phi) is 7.24. The van der Waals surface area contributed by atoms with Crippen LogP contribution in [-0.4, -0.2) is 31.4 Å². The lowest BCUT2D eigenvalue weighted by molar-refractivity contribution is -0.744. The van der Waals surface area contributed by atoms with E-state index in [0.29, 0.717) is 5.92 Å². The molecule has 2 heterocycles. The molecule has 0 amide bonds. The lowest BCUT2D eigenvalue weighted by Gasteiger charge is -2.26. The molecule has 4 rings (SSSR count). The Labute approximate surface area is 179 Å². The Morgan fingerprint density at radius 1 is 0.966 bits per heavy atom. The van der Waals surface area contributed by atoms with Crippen LogP contribution in [0.1, 0.15) is 30.9 Å². The highest BCUT2D eigenvalue weighted by Crippen LogP contribution is 2.22. The summed E-state index contributed by atoms with van der Waals surface area (Å²) in [5.74, 6) is 1.57. The highest BCUT2D eigenvalue weighted by Gasteiger charge is 2.19. The topological polar surface area (TPSA) is 29.2 Å². The molecule has 0 saturated carbocycles. The molecule has 1 saturated heterocycles. The molecule has 0 N–H and O–H groups in total. The minimum absolute atomic E-state index is 0. The minimum atomic E-state index is 0. The monoisotopic (exact) mass is 409 g/mol. The second-order valence-corrected chi connectivity index (χ2v) is 7.65. The summed E-state index contributed by atoms with van der Waals surface area (Å²) in [6, 6.07) is 21.6. The third kappa shape index (κ3) is 5.34. The maximum absolute atomic E-state index is 5.52. The van der Waals surface area contributed by atoms with Crippen molar-refractivity contribution in [2.24, 2.45) is 0 Å². The quantitative estimate of drug-likeness (QED) is 0.590. The normalized spacial score (nSPS) is 14.0. The van der Waals surface area contributed by atoms with E-state index in [1.165, 1.54) is 22.3 Å². The Bertz CT molecular complexity index is 907. The molecular weight excluding hydrogens is 382 g/mol. The molecule has 1 aliphatic heterocycles. The average Bonchev–Trinajstić information content (AvgIpc) is 2.75. The third-order valence-electron chi connectivity index (χ3n) is 5.24. The van der Waals surface area contributed by atoms with Crippen LogP contribution >= 0.6 is 0 Å². The molecule has 0 unspecified atom stereocenters. The number of benzene rings is 2. The molecule has 1 fully saturated rings. The van der Waals surface area contributed by atoms with E-state index in [2.05, 4.69) is 90.3 Å². The predicted molar refractivity (Wildman–Crippen MR) is 113 cm³/mol. The summed E-state index contributed by atoms with van der Waals surface area (Å²) in [6.07, 6.45) is 2.15. The SMILES string of the molecule is CC(C)c1ccc(C[n+]2cc(-c3ccccc3)cc(N3CCOCC3)n2)cc1.[Cl-]. The molecule has 1 aliphatic rings. The van der Waals surface area contributed by atoms with Gasteiger partial charge in [-0.25, -0.2) is 0 Å². The van der Waals surface area contributed by atoms with E-state index in [0.717, 1.165) is 38.7 Å². The number of halogens is 1. The molecule has 29 heavy (non-hydrogen) atoms. The highest BCUT2D eigenvalue weighted by molar-refractivity contribution is 5.64. The Hall–Kier alpha value is -2.43. The van der Waals surface area contributed by atoms with E-state index in [1.807, 2.05) is 0 Å². The van der Waals surface area contributed by atoms with E-state index >= 15 is 0 Å². The van der Waals surface area contributed by atoms with Crippen molar-refractivity contribution < 1.29 is 21.8 Å². The summed E-state index contributed by atoms with van der Waals surface area (Å²) < 4.78 is 7.58. The van der Waals surface area contributed by atoms with E-state index in [4.69, 9.17) is 9.84 Å². The molecule has 0 aliphatic carbocycles. The molecule has 4 nitrogen and oxygen atoms in total.